The molecule has 0 atom stereocenters. The van der Waals surface area contributed by atoms with Gasteiger partial charge in [0, 0.05) is 19.1 Å². The summed E-state index contributed by atoms with van der Waals surface area (Å²) >= 11 is 5.48. The van der Waals surface area contributed by atoms with Gasteiger partial charge in [-0.1, -0.05) is 11.6 Å². The van der Waals surface area contributed by atoms with E-state index in [0.29, 0.717) is 5.69 Å². The molecule has 84 valence electrons. The summed E-state index contributed by atoms with van der Waals surface area (Å²) in [7, 11) is 0. The number of ketones is 1. The molecule has 1 aromatic rings. The van der Waals surface area contributed by atoms with Crippen molar-refractivity contribution in [3.63, 3.8) is 0 Å². The molecule has 1 aromatic carbocycles. The van der Waals surface area contributed by atoms with Crippen molar-refractivity contribution in [3.8, 4) is 0 Å². The van der Waals surface area contributed by atoms with Crippen molar-refractivity contribution in [3.05, 3.63) is 34.4 Å². The second-order valence-electron chi connectivity index (χ2n) is 2.87. The Labute approximate surface area is 96.1 Å². The Morgan fingerprint density at radius 3 is 2.44 bits per heavy atom. The Morgan fingerprint density at radius 2 is 2.00 bits per heavy atom. The Kier molecular flexibility index (Phi) is 3.96. The fourth-order valence-electron chi connectivity index (χ4n) is 0.850. The monoisotopic (exact) mass is 241 g/mol. The molecule has 0 heterocycles. The topological polar surface area (TPSA) is 84.6 Å². The lowest BCUT2D eigenvalue weighted by Crippen LogP contribution is -2.04. The van der Waals surface area contributed by atoms with E-state index in [-0.39, 0.29) is 16.6 Å². The number of hydrazone groups is 1. The minimum absolute atomic E-state index is 0.0211. The molecule has 1 N–H and O–H groups in total. The number of nitro benzene ring substituents is 1. The minimum atomic E-state index is -0.504. The molecule has 0 fully saturated rings. The average molecular weight is 242 g/mol. The third-order valence-electron chi connectivity index (χ3n) is 1.65. The first-order chi connectivity index (χ1) is 7.50. The van der Waals surface area contributed by atoms with Crippen LogP contribution in [0, 0.1) is 10.1 Å². The standard InChI is InChI=1S/C9H8ClN3O3/c1-6(14)9(10)12-11-7-2-4-8(5-3-7)13(15)16/h2-5,11H,1H3. The van der Waals surface area contributed by atoms with Gasteiger partial charge in [-0.2, -0.15) is 5.10 Å². The van der Waals surface area contributed by atoms with E-state index in [4.69, 9.17) is 11.6 Å². The van der Waals surface area contributed by atoms with Gasteiger partial charge in [0.2, 0.25) is 0 Å². The number of anilines is 1. The van der Waals surface area contributed by atoms with Gasteiger partial charge in [-0.15, -0.1) is 0 Å². The predicted molar refractivity (Wildman–Crippen MR) is 60.7 cm³/mol. The van der Waals surface area contributed by atoms with E-state index in [0.717, 1.165) is 0 Å². The highest BCUT2D eigenvalue weighted by molar-refractivity contribution is 6.82. The van der Waals surface area contributed by atoms with Crippen LogP contribution in [0.4, 0.5) is 11.4 Å². The zero-order valence-corrected chi connectivity index (χ0v) is 9.06. The number of carbonyl (C=O) groups excluding carboxylic acids is 1. The van der Waals surface area contributed by atoms with Gasteiger partial charge < -0.3 is 0 Å². The fourth-order valence-corrected chi connectivity index (χ4v) is 0.892. The van der Waals surface area contributed by atoms with Crippen molar-refractivity contribution >= 4 is 33.9 Å². The van der Waals surface area contributed by atoms with Gasteiger partial charge in [0.15, 0.2) is 11.0 Å². The van der Waals surface area contributed by atoms with Crippen molar-refractivity contribution in [1.29, 1.82) is 0 Å². The molecule has 0 aliphatic rings. The van der Waals surface area contributed by atoms with Crippen LogP contribution in [0.1, 0.15) is 6.92 Å². The lowest BCUT2D eigenvalue weighted by molar-refractivity contribution is -0.384. The zero-order valence-electron chi connectivity index (χ0n) is 8.31. The second kappa shape index (κ2) is 5.22. The normalized spacial score (nSPS) is 11.0. The SMILES string of the molecule is CC(=O)C(Cl)=NNc1ccc([N+](=O)[O-])cc1. The summed E-state index contributed by atoms with van der Waals surface area (Å²) in [5.41, 5.74) is 2.99. The van der Waals surface area contributed by atoms with Gasteiger partial charge in [-0.05, 0) is 12.1 Å². The lowest BCUT2D eigenvalue weighted by Gasteiger charge is -1.99. The Morgan fingerprint density at radius 1 is 1.44 bits per heavy atom. The van der Waals surface area contributed by atoms with E-state index >= 15 is 0 Å². The Bertz CT molecular complexity index is 442. The van der Waals surface area contributed by atoms with Crippen molar-refractivity contribution in [2.45, 2.75) is 6.92 Å². The van der Waals surface area contributed by atoms with Crippen LogP contribution in [-0.2, 0) is 4.79 Å². The van der Waals surface area contributed by atoms with E-state index in [1.807, 2.05) is 0 Å². The molecule has 0 spiro atoms. The summed E-state index contributed by atoms with van der Waals surface area (Å²) in [4.78, 5) is 20.6. The first kappa shape index (κ1) is 12.1. The molecule has 0 amide bonds. The van der Waals surface area contributed by atoms with E-state index < -0.39 is 4.92 Å². The van der Waals surface area contributed by atoms with Gasteiger partial charge >= 0.3 is 0 Å². The number of nitrogens with zero attached hydrogens (tertiary/aromatic N) is 2. The first-order valence-corrected chi connectivity index (χ1v) is 4.63. The van der Waals surface area contributed by atoms with Gasteiger partial charge in [-0.3, -0.25) is 20.3 Å². The zero-order chi connectivity index (χ0) is 12.1. The molecule has 0 saturated carbocycles. The molecule has 0 aliphatic carbocycles. The van der Waals surface area contributed by atoms with Gasteiger partial charge in [0.05, 0.1) is 10.6 Å². The lowest BCUT2D eigenvalue weighted by atomic mass is 10.3. The number of benzene rings is 1. The number of non-ortho nitro benzene ring substituents is 1. The van der Waals surface area contributed by atoms with Gasteiger partial charge in [-0.25, -0.2) is 0 Å². The predicted octanol–water partition coefficient (Wildman–Crippen LogP) is 2.15. The van der Waals surface area contributed by atoms with Crippen LogP contribution >= 0.6 is 11.6 Å². The molecular weight excluding hydrogens is 234 g/mol. The van der Waals surface area contributed by atoms with Crippen LogP contribution in [0.15, 0.2) is 29.4 Å². The average Bonchev–Trinajstić information content (AvgIpc) is 2.26. The summed E-state index contributed by atoms with van der Waals surface area (Å²) in [6, 6.07) is 5.57. The molecule has 6 nitrogen and oxygen atoms in total. The van der Waals surface area contributed by atoms with E-state index in [9.17, 15) is 14.9 Å². The Balaban J connectivity index is 2.73. The highest BCUT2D eigenvalue weighted by Crippen LogP contribution is 2.15. The highest BCUT2D eigenvalue weighted by Gasteiger charge is 2.04. The van der Waals surface area contributed by atoms with E-state index in [1.165, 1.54) is 31.2 Å². The minimum Gasteiger partial charge on any atom is -0.292 e. The van der Waals surface area contributed by atoms with Crippen LogP contribution in [0.3, 0.4) is 0 Å². The fraction of sp³-hybridized carbons (Fsp3) is 0.111. The molecule has 7 heteroatoms. The van der Waals surface area contributed by atoms with Crippen LogP contribution in [0.25, 0.3) is 0 Å². The number of hydrogen-bond donors (Lipinski definition) is 1. The molecule has 0 saturated heterocycles. The first-order valence-electron chi connectivity index (χ1n) is 4.25. The molecule has 0 aromatic heterocycles. The van der Waals surface area contributed by atoms with Crippen LogP contribution in [0.2, 0.25) is 0 Å². The summed E-state index contributed by atoms with van der Waals surface area (Å²) < 4.78 is 0. The number of carbonyl (C=O) groups is 1. The highest BCUT2D eigenvalue weighted by atomic mass is 35.5. The molecule has 0 bridgehead atoms. The number of rotatable bonds is 4. The van der Waals surface area contributed by atoms with E-state index in [1.54, 1.807) is 0 Å². The molecule has 0 radical (unpaired) electrons. The van der Waals surface area contributed by atoms with Crippen molar-refractivity contribution in [1.82, 2.24) is 0 Å². The molecule has 0 aliphatic heterocycles. The van der Waals surface area contributed by atoms with Crippen molar-refractivity contribution < 1.29 is 9.72 Å². The van der Waals surface area contributed by atoms with Crippen molar-refractivity contribution in [2.24, 2.45) is 5.10 Å². The smallest absolute Gasteiger partial charge is 0.269 e. The van der Waals surface area contributed by atoms with Crippen LogP contribution in [0.5, 0.6) is 0 Å². The summed E-state index contributed by atoms with van der Waals surface area (Å²) in [5.74, 6) is -0.365. The summed E-state index contributed by atoms with van der Waals surface area (Å²) in [5, 5.41) is 13.8. The van der Waals surface area contributed by atoms with Crippen LogP contribution in [-0.4, -0.2) is 15.9 Å². The molecule has 16 heavy (non-hydrogen) atoms. The third-order valence-corrected chi connectivity index (χ3v) is 2.00. The molecule has 1 rings (SSSR count). The second-order valence-corrected chi connectivity index (χ2v) is 3.23. The van der Waals surface area contributed by atoms with Crippen molar-refractivity contribution in [2.75, 3.05) is 5.43 Å². The molecule has 0 unspecified atom stereocenters. The van der Waals surface area contributed by atoms with Crippen LogP contribution < -0.4 is 5.43 Å². The largest absolute Gasteiger partial charge is 0.292 e. The van der Waals surface area contributed by atoms with E-state index in [2.05, 4.69) is 10.5 Å². The summed E-state index contributed by atoms with van der Waals surface area (Å²) in [6.45, 7) is 1.28. The number of nitrogens with one attached hydrogen (secondary N) is 1. The quantitative estimate of drug-likeness (QED) is 0.497. The van der Waals surface area contributed by atoms with Gasteiger partial charge in [0.25, 0.3) is 5.69 Å². The number of nitro groups is 1. The maximum atomic E-state index is 10.7. The maximum absolute atomic E-state index is 10.7. The summed E-state index contributed by atoms with van der Waals surface area (Å²) in [6.07, 6.45) is 0. The number of Topliss-reactive ketones (excluding diaryl/α,β-unsaturated/α-hetero) is 1. The van der Waals surface area contributed by atoms with Gasteiger partial charge in [0.1, 0.15) is 0 Å². The number of halogens is 1. The third kappa shape index (κ3) is 3.32. The number of hydrogen-bond acceptors (Lipinski definition) is 5. The maximum Gasteiger partial charge on any atom is 0.269 e. The Hall–Kier alpha value is -1.95. The molecular formula is C9H8ClN3O3.